The quantitative estimate of drug-likeness (QED) is 0.911. The summed E-state index contributed by atoms with van der Waals surface area (Å²) >= 11 is 12.1. The number of benzene rings is 1. The summed E-state index contributed by atoms with van der Waals surface area (Å²) in [4.78, 5) is 14.7. The SMILES string of the molecule is O=C(NC1CN2CCC1CC2)c1c(Cl)cccc1Cl. The first-order valence-electron chi connectivity index (χ1n) is 6.62. The summed E-state index contributed by atoms with van der Waals surface area (Å²) < 4.78 is 0. The Morgan fingerprint density at radius 2 is 1.84 bits per heavy atom. The Bertz CT molecular complexity index is 478. The third-order valence-electron chi connectivity index (χ3n) is 4.16. The molecule has 0 aromatic heterocycles. The average molecular weight is 299 g/mol. The van der Waals surface area contributed by atoms with Gasteiger partial charge in [0.1, 0.15) is 0 Å². The Morgan fingerprint density at radius 3 is 2.37 bits per heavy atom. The Labute approximate surface area is 122 Å². The van der Waals surface area contributed by atoms with Gasteiger partial charge in [0.25, 0.3) is 5.91 Å². The summed E-state index contributed by atoms with van der Waals surface area (Å²) in [5, 5.41) is 3.92. The van der Waals surface area contributed by atoms with Crippen LogP contribution in [0.2, 0.25) is 10.0 Å². The van der Waals surface area contributed by atoms with Crippen molar-refractivity contribution in [2.75, 3.05) is 19.6 Å². The second kappa shape index (κ2) is 5.31. The van der Waals surface area contributed by atoms with Crippen LogP contribution in [0.15, 0.2) is 18.2 Å². The van der Waals surface area contributed by atoms with E-state index < -0.39 is 0 Å². The van der Waals surface area contributed by atoms with Crippen molar-refractivity contribution in [3.05, 3.63) is 33.8 Å². The van der Waals surface area contributed by atoms with Gasteiger partial charge in [-0.25, -0.2) is 0 Å². The number of carbonyl (C=O) groups is 1. The fourth-order valence-electron chi connectivity index (χ4n) is 3.08. The van der Waals surface area contributed by atoms with E-state index >= 15 is 0 Å². The average Bonchev–Trinajstić information content (AvgIpc) is 2.40. The number of rotatable bonds is 2. The number of fused-ring (bicyclic) bond motifs is 3. The molecule has 5 heteroatoms. The first-order valence-corrected chi connectivity index (χ1v) is 7.38. The predicted molar refractivity (Wildman–Crippen MR) is 76.9 cm³/mol. The first-order chi connectivity index (χ1) is 9.15. The molecule has 0 spiro atoms. The molecule has 3 saturated heterocycles. The standard InChI is InChI=1S/C14H16Cl2N2O/c15-10-2-1-3-11(16)13(10)14(19)17-12-8-18-6-4-9(12)5-7-18/h1-3,9,12H,4-8H2,(H,17,19). The van der Waals surface area contributed by atoms with Crippen LogP contribution in [0.25, 0.3) is 0 Å². The van der Waals surface area contributed by atoms with E-state index in [9.17, 15) is 4.79 Å². The highest BCUT2D eigenvalue weighted by atomic mass is 35.5. The summed E-state index contributed by atoms with van der Waals surface area (Å²) in [6.07, 6.45) is 2.34. The molecule has 3 nitrogen and oxygen atoms in total. The molecule has 1 aromatic carbocycles. The van der Waals surface area contributed by atoms with Gasteiger partial charge < -0.3 is 10.2 Å². The molecule has 3 aliphatic rings. The molecule has 102 valence electrons. The van der Waals surface area contributed by atoms with Crippen molar-refractivity contribution < 1.29 is 4.79 Å². The van der Waals surface area contributed by atoms with E-state index in [-0.39, 0.29) is 11.9 Å². The minimum atomic E-state index is -0.158. The van der Waals surface area contributed by atoms with Crippen molar-refractivity contribution in [3.8, 4) is 0 Å². The summed E-state index contributed by atoms with van der Waals surface area (Å²) in [5.41, 5.74) is 0.391. The van der Waals surface area contributed by atoms with Crippen molar-refractivity contribution in [1.82, 2.24) is 10.2 Å². The van der Waals surface area contributed by atoms with Gasteiger partial charge in [-0.1, -0.05) is 29.3 Å². The van der Waals surface area contributed by atoms with Crippen molar-refractivity contribution in [1.29, 1.82) is 0 Å². The summed E-state index contributed by atoms with van der Waals surface area (Å²) in [6, 6.07) is 5.36. The van der Waals surface area contributed by atoms with E-state index in [0.717, 1.165) is 19.6 Å². The molecule has 1 amide bonds. The Kier molecular flexibility index (Phi) is 3.70. The Morgan fingerprint density at radius 1 is 1.21 bits per heavy atom. The normalized spacial score (nSPS) is 29.3. The van der Waals surface area contributed by atoms with Crippen LogP contribution in [0.5, 0.6) is 0 Å². The third kappa shape index (κ3) is 2.60. The molecule has 3 aliphatic heterocycles. The molecule has 19 heavy (non-hydrogen) atoms. The lowest BCUT2D eigenvalue weighted by molar-refractivity contribution is 0.0620. The minimum absolute atomic E-state index is 0.158. The maximum Gasteiger partial charge on any atom is 0.254 e. The number of carbonyl (C=O) groups excluding carboxylic acids is 1. The first kappa shape index (κ1) is 13.2. The fourth-order valence-corrected chi connectivity index (χ4v) is 3.65. The van der Waals surface area contributed by atoms with E-state index in [1.807, 2.05) is 0 Å². The monoisotopic (exact) mass is 298 g/mol. The molecule has 4 rings (SSSR count). The zero-order chi connectivity index (χ0) is 13.4. The van der Waals surface area contributed by atoms with Gasteiger partial charge in [-0.15, -0.1) is 0 Å². The van der Waals surface area contributed by atoms with Crippen LogP contribution in [0.4, 0.5) is 0 Å². The van der Waals surface area contributed by atoms with E-state index in [1.54, 1.807) is 18.2 Å². The van der Waals surface area contributed by atoms with Gasteiger partial charge in [0.2, 0.25) is 0 Å². The number of nitrogens with one attached hydrogen (secondary N) is 1. The maximum absolute atomic E-state index is 12.3. The number of hydrogen-bond donors (Lipinski definition) is 1. The minimum Gasteiger partial charge on any atom is -0.348 e. The van der Waals surface area contributed by atoms with Gasteiger partial charge in [0.05, 0.1) is 15.6 Å². The van der Waals surface area contributed by atoms with E-state index in [1.165, 1.54) is 12.8 Å². The van der Waals surface area contributed by atoms with Gasteiger partial charge in [-0.05, 0) is 44.0 Å². The van der Waals surface area contributed by atoms with Crippen LogP contribution >= 0.6 is 23.2 Å². The maximum atomic E-state index is 12.3. The molecule has 2 bridgehead atoms. The smallest absolute Gasteiger partial charge is 0.254 e. The molecule has 3 fully saturated rings. The second-order valence-electron chi connectivity index (χ2n) is 5.31. The molecule has 0 radical (unpaired) electrons. The van der Waals surface area contributed by atoms with Crippen LogP contribution < -0.4 is 5.32 Å². The molecule has 0 aliphatic carbocycles. The zero-order valence-electron chi connectivity index (χ0n) is 10.5. The zero-order valence-corrected chi connectivity index (χ0v) is 12.0. The van der Waals surface area contributed by atoms with Crippen molar-refractivity contribution in [2.45, 2.75) is 18.9 Å². The molecule has 1 unspecified atom stereocenters. The number of amides is 1. The van der Waals surface area contributed by atoms with E-state index in [2.05, 4.69) is 10.2 Å². The van der Waals surface area contributed by atoms with E-state index in [4.69, 9.17) is 23.2 Å². The number of hydrogen-bond acceptors (Lipinski definition) is 2. The lowest BCUT2D eigenvalue weighted by atomic mass is 9.84. The third-order valence-corrected chi connectivity index (χ3v) is 4.79. The molecule has 0 saturated carbocycles. The van der Waals surface area contributed by atoms with Gasteiger partial charge in [0.15, 0.2) is 0 Å². The molecule has 1 N–H and O–H groups in total. The molecule has 1 aromatic rings. The summed E-state index contributed by atoms with van der Waals surface area (Å²) in [7, 11) is 0. The lowest BCUT2D eigenvalue weighted by Crippen LogP contribution is -2.57. The largest absolute Gasteiger partial charge is 0.348 e. The van der Waals surface area contributed by atoms with Crippen LogP contribution in [0.1, 0.15) is 23.2 Å². The van der Waals surface area contributed by atoms with Crippen molar-refractivity contribution >= 4 is 29.1 Å². The van der Waals surface area contributed by atoms with Crippen molar-refractivity contribution in [2.24, 2.45) is 5.92 Å². The highest BCUT2D eigenvalue weighted by Gasteiger charge is 2.35. The number of piperidine rings is 3. The molecular weight excluding hydrogens is 283 g/mol. The van der Waals surface area contributed by atoms with Crippen LogP contribution in [0.3, 0.4) is 0 Å². The number of nitrogens with zero attached hydrogens (tertiary/aromatic N) is 1. The van der Waals surface area contributed by atoms with Gasteiger partial charge in [-0.2, -0.15) is 0 Å². The summed E-state index contributed by atoms with van der Waals surface area (Å²) in [5.74, 6) is 0.435. The van der Waals surface area contributed by atoms with E-state index in [0.29, 0.717) is 21.5 Å². The van der Waals surface area contributed by atoms with Crippen molar-refractivity contribution in [3.63, 3.8) is 0 Å². The van der Waals surface area contributed by atoms with Gasteiger partial charge in [0, 0.05) is 12.6 Å². The molecular formula is C14H16Cl2N2O. The fraction of sp³-hybridized carbons (Fsp3) is 0.500. The second-order valence-corrected chi connectivity index (χ2v) is 6.13. The highest BCUT2D eigenvalue weighted by Crippen LogP contribution is 2.29. The Balaban J connectivity index is 1.75. The molecule has 3 heterocycles. The summed E-state index contributed by atoms with van der Waals surface area (Å²) in [6.45, 7) is 3.26. The van der Waals surface area contributed by atoms with Crippen LogP contribution in [-0.4, -0.2) is 36.5 Å². The van der Waals surface area contributed by atoms with Crippen LogP contribution in [-0.2, 0) is 0 Å². The topological polar surface area (TPSA) is 32.3 Å². The predicted octanol–water partition coefficient (Wildman–Crippen LogP) is 2.82. The van der Waals surface area contributed by atoms with Gasteiger partial charge in [-0.3, -0.25) is 4.79 Å². The Hall–Kier alpha value is -0.770. The molecule has 1 atom stereocenters. The van der Waals surface area contributed by atoms with Gasteiger partial charge >= 0.3 is 0 Å². The van der Waals surface area contributed by atoms with Crippen LogP contribution in [0, 0.1) is 5.92 Å². The lowest BCUT2D eigenvalue weighted by Gasteiger charge is -2.44. The number of halogens is 2. The highest BCUT2D eigenvalue weighted by molar-refractivity contribution is 6.39.